The van der Waals surface area contributed by atoms with E-state index < -0.39 is 5.91 Å². The number of hydrogen-bond acceptors (Lipinski definition) is 5. The molecule has 4 N–H and O–H groups in total. The van der Waals surface area contributed by atoms with E-state index in [9.17, 15) is 4.79 Å². The summed E-state index contributed by atoms with van der Waals surface area (Å²) in [4.78, 5) is 19.8. The van der Waals surface area contributed by atoms with Crippen molar-refractivity contribution in [2.75, 3.05) is 43.9 Å². The van der Waals surface area contributed by atoms with E-state index in [2.05, 4.69) is 21.8 Å². The Hall–Kier alpha value is -1.82. The van der Waals surface area contributed by atoms with Crippen LogP contribution in [0.25, 0.3) is 0 Å². The third-order valence-corrected chi connectivity index (χ3v) is 3.01. The molecule has 0 spiro atoms. The highest BCUT2D eigenvalue weighted by Crippen LogP contribution is 2.18. The quantitative estimate of drug-likeness (QED) is 0.722. The summed E-state index contributed by atoms with van der Waals surface area (Å²) in [6.07, 6.45) is 1.49. The van der Waals surface area contributed by atoms with Crippen LogP contribution in [-0.2, 0) is 0 Å². The molecule has 0 unspecified atom stereocenters. The first-order valence-corrected chi connectivity index (χ1v) is 5.57. The number of aromatic nitrogens is 1. The molecule has 2 heterocycles. The molecule has 6 nitrogen and oxygen atoms in total. The first kappa shape index (κ1) is 11.7. The average molecular weight is 235 g/mol. The lowest BCUT2D eigenvalue weighted by atomic mass is 10.2. The van der Waals surface area contributed by atoms with E-state index >= 15 is 0 Å². The van der Waals surface area contributed by atoms with E-state index in [1.165, 1.54) is 6.20 Å². The third kappa shape index (κ3) is 2.47. The number of anilines is 2. The van der Waals surface area contributed by atoms with Gasteiger partial charge < -0.3 is 21.3 Å². The molecule has 0 saturated carbocycles. The van der Waals surface area contributed by atoms with Crippen molar-refractivity contribution in [3.8, 4) is 0 Å². The van der Waals surface area contributed by atoms with E-state index in [4.69, 9.17) is 11.5 Å². The molecule has 17 heavy (non-hydrogen) atoms. The van der Waals surface area contributed by atoms with Gasteiger partial charge in [0.2, 0.25) is 0 Å². The van der Waals surface area contributed by atoms with Gasteiger partial charge in [0.25, 0.3) is 5.91 Å². The van der Waals surface area contributed by atoms with E-state index in [-0.39, 0.29) is 0 Å². The molecular formula is C11H17N5O. The zero-order valence-corrected chi connectivity index (χ0v) is 9.89. The largest absolute Gasteiger partial charge is 0.397 e. The molecule has 0 aliphatic carbocycles. The van der Waals surface area contributed by atoms with E-state index in [0.717, 1.165) is 32.0 Å². The van der Waals surface area contributed by atoms with Crippen molar-refractivity contribution < 1.29 is 4.79 Å². The van der Waals surface area contributed by atoms with Gasteiger partial charge in [-0.1, -0.05) is 0 Å². The number of nitrogens with two attached hydrogens (primary N) is 2. The van der Waals surface area contributed by atoms with Crippen LogP contribution >= 0.6 is 0 Å². The fourth-order valence-electron chi connectivity index (χ4n) is 1.88. The van der Waals surface area contributed by atoms with Crippen molar-refractivity contribution >= 4 is 17.4 Å². The Morgan fingerprint density at radius 2 is 2.00 bits per heavy atom. The molecule has 1 saturated heterocycles. The Morgan fingerprint density at radius 3 is 2.59 bits per heavy atom. The summed E-state index contributed by atoms with van der Waals surface area (Å²) in [7, 11) is 2.09. The highest BCUT2D eigenvalue weighted by molar-refractivity contribution is 5.98. The Balaban J connectivity index is 2.21. The second-order valence-corrected chi connectivity index (χ2v) is 4.28. The van der Waals surface area contributed by atoms with Gasteiger partial charge in [-0.25, -0.2) is 4.98 Å². The number of amides is 1. The number of hydrogen-bond donors (Lipinski definition) is 2. The van der Waals surface area contributed by atoms with Crippen LogP contribution in [0.5, 0.6) is 0 Å². The zero-order chi connectivity index (χ0) is 12.4. The van der Waals surface area contributed by atoms with Crippen molar-refractivity contribution in [2.24, 2.45) is 5.73 Å². The van der Waals surface area contributed by atoms with Crippen molar-refractivity contribution in [1.29, 1.82) is 0 Å². The van der Waals surface area contributed by atoms with Crippen molar-refractivity contribution in [2.45, 2.75) is 0 Å². The van der Waals surface area contributed by atoms with Gasteiger partial charge in [0.15, 0.2) is 0 Å². The fourth-order valence-corrected chi connectivity index (χ4v) is 1.88. The van der Waals surface area contributed by atoms with Crippen LogP contribution in [0, 0.1) is 0 Å². The van der Waals surface area contributed by atoms with Crippen LogP contribution in [0.2, 0.25) is 0 Å². The summed E-state index contributed by atoms with van der Waals surface area (Å²) in [5, 5.41) is 0. The lowest BCUT2D eigenvalue weighted by Crippen LogP contribution is -2.44. The predicted octanol–water partition coefficient (Wildman–Crippen LogP) is -0.485. The second-order valence-electron chi connectivity index (χ2n) is 4.28. The number of piperazine rings is 1. The van der Waals surface area contributed by atoms with Crippen LogP contribution in [-0.4, -0.2) is 49.0 Å². The summed E-state index contributed by atoms with van der Waals surface area (Å²) in [5.41, 5.74) is 11.6. The number of likely N-dealkylation sites (N-methyl/N-ethyl adjacent to an activating group) is 1. The molecular weight excluding hydrogens is 218 g/mol. The smallest absolute Gasteiger partial charge is 0.250 e. The van der Waals surface area contributed by atoms with Gasteiger partial charge in [-0.15, -0.1) is 0 Å². The van der Waals surface area contributed by atoms with Gasteiger partial charge in [0.05, 0.1) is 17.4 Å². The maximum atomic E-state index is 11.2. The minimum atomic E-state index is -0.514. The maximum absolute atomic E-state index is 11.2. The van der Waals surface area contributed by atoms with Gasteiger partial charge >= 0.3 is 0 Å². The van der Waals surface area contributed by atoms with E-state index in [1.54, 1.807) is 6.07 Å². The van der Waals surface area contributed by atoms with Crippen molar-refractivity contribution in [3.63, 3.8) is 0 Å². The normalized spacial score (nSPS) is 17.1. The van der Waals surface area contributed by atoms with Crippen LogP contribution < -0.4 is 16.4 Å². The van der Waals surface area contributed by atoms with Crippen LogP contribution in [0.15, 0.2) is 12.3 Å². The van der Waals surface area contributed by atoms with Gasteiger partial charge in [0, 0.05) is 26.2 Å². The Labute approximate surface area is 100 Å². The number of primary amides is 1. The number of rotatable bonds is 2. The first-order chi connectivity index (χ1) is 8.08. The molecule has 1 aromatic heterocycles. The summed E-state index contributed by atoms with van der Waals surface area (Å²) in [6, 6.07) is 1.67. The van der Waals surface area contributed by atoms with Crippen LogP contribution in [0.3, 0.4) is 0 Å². The minimum Gasteiger partial charge on any atom is -0.397 e. The summed E-state index contributed by atoms with van der Waals surface area (Å²) < 4.78 is 0. The summed E-state index contributed by atoms with van der Waals surface area (Å²) in [6.45, 7) is 3.76. The number of carbonyl (C=O) groups is 1. The minimum absolute atomic E-state index is 0.329. The van der Waals surface area contributed by atoms with E-state index in [1.807, 2.05) is 0 Å². The van der Waals surface area contributed by atoms with Gasteiger partial charge in [0.1, 0.15) is 5.82 Å². The zero-order valence-electron chi connectivity index (χ0n) is 9.89. The van der Waals surface area contributed by atoms with Crippen molar-refractivity contribution in [3.05, 3.63) is 17.8 Å². The highest BCUT2D eigenvalue weighted by atomic mass is 16.1. The lowest BCUT2D eigenvalue weighted by molar-refractivity contribution is 0.100. The topological polar surface area (TPSA) is 88.5 Å². The molecule has 0 aromatic carbocycles. The molecule has 1 fully saturated rings. The third-order valence-electron chi connectivity index (χ3n) is 3.01. The van der Waals surface area contributed by atoms with Gasteiger partial charge in [-0.05, 0) is 13.1 Å². The van der Waals surface area contributed by atoms with Crippen molar-refractivity contribution in [1.82, 2.24) is 9.88 Å². The Kier molecular flexibility index (Phi) is 3.14. The molecule has 6 heteroatoms. The molecule has 92 valence electrons. The van der Waals surface area contributed by atoms with Crippen LogP contribution in [0.4, 0.5) is 11.5 Å². The first-order valence-electron chi connectivity index (χ1n) is 5.57. The predicted molar refractivity (Wildman–Crippen MR) is 66.9 cm³/mol. The number of carbonyl (C=O) groups excluding carboxylic acids is 1. The Bertz CT molecular complexity index is 426. The molecule has 0 atom stereocenters. The molecule has 2 rings (SSSR count). The molecule has 1 aromatic rings. The molecule has 0 bridgehead atoms. The highest BCUT2D eigenvalue weighted by Gasteiger charge is 2.17. The lowest BCUT2D eigenvalue weighted by Gasteiger charge is -2.33. The maximum Gasteiger partial charge on any atom is 0.250 e. The van der Waals surface area contributed by atoms with Gasteiger partial charge in [-0.2, -0.15) is 0 Å². The number of pyridine rings is 1. The molecule has 1 aliphatic rings. The number of nitrogen functional groups attached to an aromatic ring is 1. The fraction of sp³-hybridized carbons (Fsp3) is 0.455. The summed E-state index contributed by atoms with van der Waals surface area (Å²) >= 11 is 0. The average Bonchev–Trinajstić information content (AvgIpc) is 2.30. The standard InChI is InChI=1S/C11H17N5O/c1-15-2-4-16(5-3-15)10-6-8(11(13)17)9(12)7-14-10/h6-7H,2-5,12H2,1H3,(H2,13,17). The number of nitrogens with zero attached hydrogens (tertiary/aromatic N) is 3. The second kappa shape index (κ2) is 4.58. The molecule has 1 aliphatic heterocycles. The molecule has 0 radical (unpaired) electrons. The van der Waals surface area contributed by atoms with E-state index in [0.29, 0.717) is 11.3 Å². The SMILES string of the molecule is CN1CCN(c2cc(C(N)=O)c(N)cn2)CC1. The monoisotopic (exact) mass is 235 g/mol. The molecule has 1 amide bonds. The summed E-state index contributed by atoms with van der Waals surface area (Å²) in [5.74, 6) is 0.251. The van der Waals surface area contributed by atoms with Gasteiger partial charge in [-0.3, -0.25) is 4.79 Å². The van der Waals surface area contributed by atoms with Crippen LogP contribution in [0.1, 0.15) is 10.4 Å². The Morgan fingerprint density at radius 1 is 1.35 bits per heavy atom.